The highest BCUT2D eigenvalue weighted by molar-refractivity contribution is 5.95. The van der Waals surface area contributed by atoms with Gasteiger partial charge in [-0.25, -0.2) is 9.37 Å². The van der Waals surface area contributed by atoms with Gasteiger partial charge in [0.15, 0.2) is 17.2 Å². The average molecular weight is 482 g/mol. The molecule has 3 aromatic heterocycles. The number of methoxy groups -OCH3 is 1. The third-order valence-corrected chi connectivity index (χ3v) is 7.25. The lowest BCUT2D eigenvalue weighted by atomic mass is 9.91. The minimum absolute atomic E-state index is 0.0308. The lowest BCUT2D eigenvalue weighted by Gasteiger charge is -2.26. The maximum absolute atomic E-state index is 14.3. The van der Waals surface area contributed by atoms with Crippen LogP contribution in [0.1, 0.15) is 35.1 Å². The third kappa shape index (κ3) is 4.60. The van der Waals surface area contributed by atoms with Crippen molar-refractivity contribution in [2.75, 3.05) is 38.8 Å². The maximum Gasteiger partial charge on any atom is 0.272 e. The van der Waals surface area contributed by atoms with Gasteiger partial charge in [-0.3, -0.25) is 4.79 Å². The molecular formula is C25H32FN7O2. The van der Waals surface area contributed by atoms with E-state index < -0.39 is 5.82 Å². The SMILES string of the molecule is CCn1cc(F)c2cc(C(=O)NC3CCc4nc(N5CC(COC)C(NC)C5)ccc4C3)nnc21. The Hall–Kier alpha value is -3.11. The molecule has 2 N–H and O–H groups in total. The molecule has 10 heteroatoms. The van der Waals surface area contributed by atoms with Crippen LogP contribution >= 0.6 is 0 Å². The van der Waals surface area contributed by atoms with Gasteiger partial charge in [0.2, 0.25) is 0 Å². The van der Waals surface area contributed by atoms with Gasteiger partial charge < -0.3 is 24.8 Å². The number of nitrogens with zero attached hydrogens (tertiary/aromatic N) is 5. The molecule has 35 heavy (non-hydrogen) atoms. The monoisotopic (exact) mass is 481 g/mol. The van der Waals surface area contributed by atoms with E-state index in [2.05, 4.69) is 37.9 Å². The fourth-order valence-electron chi connectivity index (χ4n) is 5.32. The quantitative estimate of drug-likeness (QED) is 0.532. The number of rotatable bonds is 7. The molecule has 1 amide bonds. The average Bonchev–Trinajstić information content (AvgIpc) is 3.44. The molecule has 1 fully saturated rings. The van der Waals surface area contributed by atoms with Crippen molar-refractivity contribution in [1.82, 2.24) is 30.4 Å². The van der Waals surface area contributed by atoms with E-state index in [-0.39, 0.29) is 17.6 Å². The first-order valence-corrected chi connectivity index (χ1v) is 12.2. The molecule has 0 aromatic carbocycles. The summed E-state index contributed by atoms with van der Waals surface area (Å²) >= 11 is 0. The van der Waals surface area contributed by atoms with E-state index >= 15 is 0 Å². The topological polar surface area (TPSA) is 97.2 Å². The second-order valence-electron chi connectivity index (χ2n) is 9.43. The summed E-state index contributed by atoms with van der Waals surface area (Å²) in [5, 5.41) is 14.9. The van der Waals surface area contributed by atoms with E-state index in [1.807, 2.05) is 14.0 Å². The number of carbonyl (C=O) groups is 1. The Labute approximate surface area is 204 Å². The molecule has 0 radical (unpaired) electrons. The molecule has 4 heterocycles. The molecule has 1 aliphatic heterocycles. The number of likely N-dealkylation sites (N-methyl/N-ethyl adjacent to an activating group) is 1. The Balaban J connectivity index is 1.25. The fraction of sp³-hybridized carbons (Fsp3) is 0.520. The van der Waals surface area contributed by atoms with Crippen molar-refractivity contribution in [2.24, 2.45) is 5.92 Å². The molecule has 3 unspecified atom stereocenters. The van der Waals surface area contributed by atoms with Crippen LogP contribution in [0, 0.1) is 11.7 Å². The van der Waals surface area contributed by atoms with Crippen LogP contribution in [0.15, 0.2) is 24.4 Å². The summed E-state index contributed by atoms with van der Waals surface area (Å²) in [5.41, 5.74) is 2.81. The first-order chi connectivity index (χ1) is 17.0. The molecular weight excluding hydrogens is 449 g/mol. The molecule has 3 aromatic rings. The molecule has 1 aliphatic carbocycles. The zero-order valence-electron chi connectivity index (χ0n) is 20.4. The summed E-state index contributed by atoms with van der Waals surface area (Å²) in [5.74, 6) is 0.695. The summed E-state index contributed by atoms with van der Waals surface area (Å²) in [6.45, 7) is 5.03. The van der Waals surface area contributed by atoms with E-state index in [1.165, 1.54) is 12.3 Å². The van der Waals surface area contributed by atoms with Crippen LogP contribution in [0.3, 0.4) is 0 Å². The number of ether oxygens (including phenoxy) is 1. The first kappa shape index (κ1) is 23.6. The molecule has 0 bridgehead atoms. The second kappa shape index (κ2) is 9.87. The molecule has 1 saturated heterocycles. The second-order valence-corrected chi connectivity index (χ2v) is 9.43. The van der Waals surface area contributed by atoms with Gasteiger partial charge in [-0.1, -0.05) is 6.07 Å². The Morgan fingerprint density at radius 2 is 2.14 bits per heavy atom. The Bertz CT molecular complexity index is 1230. The van der Waals surface area contributed by atoms with E-state index in [0.29, 0.717) is 36.0 Å². The van der Waals surface area contributed by atoms with Gasteiger partial charge in [-0.15, -0.1) is 10.2 Å². The Morgan fingerprint density at radius 3 is 2.91 bits per heavy atom. The lowest BCUT2D eigenvalue weighted by molar-refractivity contribution is 0.0927. The normalized spacial score (nSPS) is 21.9. The van der Waals surface area contributed by atoms with Gasteiger partial charge in [-0.05, 0) is 50.9 Å². The van der Waals surface area contributed by atoms with Crippen molar-refractivity contribution >= 4 is 22.8 Å². The van der Waals surface area contributed by atoms with Crippen LogP contribution in [0.2, 0.25) is 0 Å². The number of hydrogen-bond donors (Lipinski definition) is 2. The maximum atomic E-state index is 14.3. The zero-order valence-corrected chi connectivity index (χ0v) is 20.4. The van der Waals surface area contributed by atoms with Crippen molar-refractivity contribution in [3.63, 3.8) is 0 Å². The van der Waals surface area contributed by atoms with Crippen LogP contribution in [0.4, 0.5) is 10.2 Å². The number of aryl methyl sites for hydroxylation is 2. The highest BCUT2D eigenvalue weighted by atomic mass is 19.1. The van der Waals surface area contributed by atoms with Crippen molar-refractivity contribution in [3.05, 3.63) is 47.2 Å². The number of amides is 1. The van der Waals surface area contributed by atoms with E-state index in [4.69, 9.17) is 9.72 Å². The van der Waals surface area contributed by atoms with E-state index in [1.54, 1.807) is 11.7 Å². The summed E-state index contributed by atoms with van der Waals surface area (Å²) in [4.78, 5) is 20.1. The Kier molecular flexibility index (Phi) is 6.66. The highest BCUT2D eigenvalue weighted by Gasteiger charge is 2.33. The minimum Gasteiger partial charge on any atom is -0.384 e. The van der Waals surface area contributed by atoms with Gasteiger partial charge in [0.25, 0.3) is 5.91 Å². The number of hydrogen-bond acceptors (Lipinski definition) is 7. The van der Waals surface area contributed by atoms with E-state index in [0.717, 1.165) is 49.6 Å². The van der Waals surface area contributed by atoms with Gasteiger partial charge in [0, 0.05) is 56.6 Å². The van der Waals surface area contributed by atoms with Crippen LogP contribution in [-0.4, -0.2) is 71.6 Å². The van der Waals surface area contributed by atoms with Crippen molar-refractivity contribution in [2.45, 2.75) is 44.8 Å². The van der Waals surface area contributed by atoms with Crippen molar-refractivity contribution < 1.29 is 13.9 Å². The van der Waals surface area contributed by atoms with Gasteiger partial charge >= 0.3 is 0 Å². The number of carbonyl (C=O) groups excluding carboxylic acids is 1. The van der Waals surface area contributed by atoms with Crippen molar-refractivity contribution in [3.8, 4) is 0 Å². The summed E-state index contributed by atoms with van der Waals surface area (Å²) < 4.78 is 21.3. The standard InChI is InChI=1S/C25H32FN7O2/c1-4-32-12-19(26)18-10-21(30-31-24(18)32)25(34)28-17-6-7-20-15(9-17)5-8-23(29-20)33-11-16(14-35-3)22(13-33)27-2/h5,8,10,12,16-17,22,27H,4,6-7,9,11,13-14H2,1-3H3,(H,28,34). The fourth-order valence-corrected chi connectivity index (χ4v) is 5.32. The van der Waals surface area contributed by atoms with Crippen molar-refractivity contribution in [1.29, 1.82) is 0 Å². The molecule has 2 aliphatic rings. The van der Waals surface area contributed by atoms with Gasteiger partial charge in [-0.2, -0.15) is 0 Å². The molecule has 186 valence electrons. The summed E-state index contributed by atoms with van der Waals surface area (Å²) in [6, 6.07) is 6.03. The number of nitrogens with one attached hydrogen (secondary N) is 2. The predicted molar refractivity (Wildman–Crippen MR) is 131 cm³/mol. The highest BCUT2D eigenvalue weighted by Crippen LogP contribution is 2.27. The molecule has 3 atom stereocenters. The van der Waals surface area contributed by atoms with Crippen LogP contribution < -0.4 is 15.5 Å². The third-order valence-electron chi connectivity index (χ3n) is 7.25. The summed E-state index contributed by atoms with van der Waals surface area (Å²) in [6.07, 6.45) is 3.67. The number of pyridine rings is 1. The Morgan fingerprint density at radius 1 is 1.29 bits per heavy atom. The first-order valence-electron chi connectivity index (χ1n) is 12.2. The predicted octanol–water partition coefficient (Wildman–Crippen LogP) is 1.94. The molecule has 0 saturated carbocycles. The minimum atomic E-state index is -0.396. The largest absolute Gasteiger partial charge is 0.384 e. The van der Waals surface area contributed by atoms with Crippen LogP contribution in [-0.2, 0) is 24.1 Å². The summed E-state index contributed by atoms with van der Waals surface area (Å²) in [7, 11) is 3.74. The van der Waals surface area contributed by atoms with Gasteiger partial charge in [0.1, 0.15) is 5.82 Å². The number of fused-ring (bicyclic) bond motifs is 2. The molecule has 9 nitrogen and oxygen atoms in total. The van der Waals surface area contributed by atoms with Gasteiger partial charge in [0.05, 0.1) is 12.0 Å². The zero-order chi connectivity index (χ0) is 24.5. The smallest absolute Gasteiger partial charge is 0.272 e. The van der Waals surface area contributed by atoms with E-state index in [9.17, 15) is 9.18 Å². The van der Waals surface area contributed by atoms with Crippen LogP contribution in [0.25, 0.3) is 11.0 Å². The van der Waals surface area contributed by atoms with Crippen LogP contribution in [0.5, 0.6) is 0 Å². The lowest BCUT2D eigenvalue weighted by Crippen LogP contribution is -2.39. The number of halogens is 1. The number of aromatic nitrogens is 4. The number of anilines is 1. The molecule has 0 spiro atoms. The molecule has 5 rings (SSSR count).